The van der Waals surface area contributed by atoms with Crippen LogP contribution in [0.4, 0.5) is 0 Å². The fourth-order valence-electron chi connectivity index (χ4n) is 1.00. The Kier molecular flexibility index (Phi) is 3.35. The predicted octanol–water partition coefficient (Wildman–Crippen LogP) is 1.95. The minimum Gasteiger partial charge on any atom is -0.388 e. The molecule has 1 heterocycles. The van der Waals surface area contributed by atoms with Gasteiger partial charge in [0.2, 0.25) is 0 Å². The summed E-state index contributed by atoms with van der Waals surface area (Å²) in [4.78, 5) is 14.6. The third-order valence-corrected chi connectivity index (χ3v) is 3.07. The van der Waals surface area contributed by atoms with Crippen molar-refractivity contribution in [1.82, 2.24) is 10.3 Å². The van der Waals surface area contributed by atoms with Crippen molar-refractivity contribution in [3.05, 3.63) is 23.0 Å². The van der Waals surface area contributed by atoms with Gasteiger partial charge in [-0.05, 0) is 33.8 Å². The molecule has 0 aliphatic rings. The minimum absolute atomic E-state index is 0.293. The highest BCUT2D eigenvalue weighted by atomic mass is 35.5. The molecule has 0 saturated carbocycles. The van der Waals surface area contributed by atoms with E-state index in [0.717, 1.165) is 0 Å². The predicted molar refractivity (Wildman–Crippen MR) is 63.6 cm³/mol. The lowest BCUT2D eigenvalue weighted by atomic mass is 9.86. The van der Waals surface area contributed by atoms with Gasteiger partial charge in [0.1, 0.15) is 5.69 Å². The fourth-order valence-corrected chi connectivity index (χ4v) is 1.17. The van der Waals surface area contributed by atoms with E-state index in [1.54, 1.807) is 27.7 Å². The zero-order valence-corrected chi connectivity index (χ0v) is 10.6. The van der Waals surface area contributed by atoms with E-state index >= 15 is 0 Å². The summed E-state index contributed by atoms with van der Waals surface area (Å²) in [7, 11) is 0. The first-order valence-corrected chi connectivity index (χ1v) is 5.40. The molecule has 1 aromatic rings. The Labute approximate surface area is 100 Å². The van der Waals surface area contributed by atoms with E-state index in [-0.39, 0.29) is 5.91 Å². The molecule has 0 aliphatic heterocycles. The van der Waals surface area contributed by atoms with Gasteiger partial charge in [0, 0.05) is 6.20 Å². The lowest BCUT2D eigenvalue weighted by molar-refractivity contribution is -0.00301. The molecule has 0 spiro atoms. The summed E-state index contributed by atoms with van der Waals surface area (Å²) >= 11 is 5.70. The molecule has 4 nitrogen and oxygen atoms in total. The van der Waals surface area contributed by atoms with Crippen LogP contribution in [0.3, 0.4) is 0 Å². The van der Waals surface area contributed by atoms with Crippen LogP contribution in [0.2, 0.25) is 5.02 Å². The number of hydrogen-bond donors (Lipinski definition) is 3. The number of rotatable bonds is 3. The van der Waals surface area contributed by atoms with E-state index in [9.17, 15) is 9.90 Å². The average Bonchev–Trinajstić information content (AvgIpc) is 2.48. The normalized spacial score (nSPS) is 12.6. The van der Waals surface area contributed by atoms with Crippen LogP contribution in [0.5, 0.6) is 0 Å². The first-order chi connectivity index (χ1) is 7.13. The molecule has 0 saturated heterocycles. The second-order valence-corrected chi connectivity index (χ2v) is 5.31. The van der Waals surface area contributed by atoms with Crippen molar-refractivity contribution in [3.8, 4) is 0 Å². The van der Waals surface area contributed by atoms with Crippen LogP contribution < -0.4 is 5.32 Å². The van der Waals surface area contributed by atoms with Crippen molar-refractivity contribution >= 4 is 17.5 Å². The molecular weight excluding hydrogens is 228 g/mol. The second-order valence-electron chi connectivity index (χ2n) is 4.87. The third kappa shape index (κ3) is 2.77. The summed E-state index contributed by atoms with van der Waals surface area (Å²) in [6, 6.07) is 1.54. The number of H-pyrrole nitrogens is 1. The number of halogens is 1. The summed E-state index contributed by atoms with van der Waals surface area (Å²) in [5, 5.41) is 13.1. The number of nitrogens with one attached hydrogen (secondary N) is 2. The number of aromatic nitrogens is 1. The van der Waals surface area contributed by atoms with Gasteiger partial charge in [-0.2, -0.15) is 0 Å². The zero-order chi connectivity index (χ0) is 12.6. The molecule has 0 atom stereocenters. The first-order valence-electron chi connectivity index (χ1n) is 5.02. The zero-order valence-electron chi connectivity index (χ0n) is 9.89. The van der Waals surface area contributed by atoms with E-state index in [2.05, 4.69) is 10.3 Å². The Morgan fingerprint density at radius 2 is 2.00 bits per heavy atom. The Morgan fingerprint density at radius 1 is 1.44 bits per heavy atom. The highest BCUT2D eigenvalue weighted by Gasteiger charge is 2.36. The van der Waals surface area contributed by atoms with E-state index in [4.69, 9.17) is 11.6 Å². The Bertz CT molecular complexity index is 391. The molecule has 90 valence electrons. The topological polar surface area (TPSA) is 65.1 Å². The largest absolute Gasteiger partial charge is 0.388 e. The molecule has 5 heteroatoms. The van der Waals surface area contributed by atoms with Gasteiger partial charge in [0.05, 0.1) is 16.2 Å². The summed E-state index contributed by atoms with van der Waals surface area (Å²) < 4.78 is 0. The molecule has 16 heavy (non-hydrogen) atoms. The molecular formula is C11H17ClN2O2. The molecule has 0 radical (unpaired) electrons. The molecule has 0 fully saturated rings. The molecule has 0 bridgehead atoms. The average molecular weight is 245 g/mol. The van der Waals surface area contributed by atoms with Crippen LogP contribution in [0, 0.1) is 0 Å². The quantitative estimate of drug-likeness (QED) is 0.761. The standard InChI is InChI=1S/C11H17ClN2O2/c1-10(2,11(3,4)16)14-9(15)8-5-7(12)6-13-8/h5-6,13,16H,1-4H3,(H,14,15). The van der Waals surface area contributed by atoms with Crippen LogP contribution in [0.15, 0.2) is 12.3 Å². The molecule has 0 aliphatic carbocycles. The number of aromatic amines is 1. The molecule has 0 unspecified atom stereocenters. The van der Waals surface area contributed by atoms with Crippen molar-refractivity contribution in [2.75, 3.05) is 0 Å². The summed E-state index contributed by atoms with van der Waals surface area (Å²) in [6.45, 7) is 6.81. The van der Waals surface area contributed by atoms with E-state index in [1.165, 1.54) is 12.3 Å². The number of aliphatic hydroxyl groups is 1. The van der Waals surface area contributed by atoms with Crippen molar-refractivity contribution in [3.63, 3.8) is 0 Å². The number of hydrogen-bond acceptors (Lipinski definition) is 2. The van der Waals surface area contributed by atoms with Crippen LogP contribution in [0.1, 0.15) is 38.2 Å². The van der Waals surface area contributed by atoms with Crippen molar-refractivity contribution < 1.29 is 9.90 Å². The number of carbonyl (C=O) groups is 1. The van der Waals surface area contributed by atoms with Crippen LogP contribution in [-0.4, -0.2) is 27.1 Å². The summed E-state index contributed by atoms with van der Waals surface area (Å²) in [5.41, 5.74) is -1.37. The van der Waals surface area contributed by atoms with E-state index in [0.29, 0.717) is 10.7 Å². The maximum Gasteiger partial charge on any atom is 0.268 e. The van der Waals surface area contributed by atoms with Crippen LogP contribution in [0.25, 0.3) is 0 Å². The summed E-state index contributed by atoms with van der Waals surface area (Å²) in [5.74, 6) is -0.293. The molecule has 1 rings (SSSR count). The summed E-state index contributed by atoms with van der Waals surface area (Å²) in [6.07, 6.45) is 1.54. The van der Waals surface area contributed by atoms with Gasteiger partial charge in [-0.15, -0.1) is 0 Å². The number of carbonyl (C=O) groups excluding carboxylic acids is 1. The van der Waals surface area contributed by atoms with Crippen LogP contribution >= 0.6 is 11.6 Å². The van der Waals surface area contributed by atoms with Crippen molar-refractivity contribution in [2.45, 2.75) is 38.8 Å². The van der Waals surface area contributed by atoms with Gasteiger partial charge in [-0.25, -0.2) is 0 Å². The van der Waals surface area contributed by atoms with Gasteiger partial charge in [0.15, 0.2) is 0 Å². The SMILES string of the molecule is CC(C)(O)C(C)(C)NC(=O)c1cc(Cl)c[nH]1. The molecule has 0 aromatic carbocycles. The molecule has 1 aromatic heterocycles. The number of amides is 1. The van der Waals surface area contributed by atoms with Gasteiger partial charge in [0.25, 0.3) is 5.91 Å². The lowest BCUT2D eigenvalue weighted by Gasteiger charge is -2.37. The first kappa shape index (κ1) is 13.1. The Morgan fingerprint density at radius 3 is 2.38 bits per heavy atom. The Balaban J connectivity index is 2.79. The maximum atomic E-state index is 11.8. The lowest BCUT2D eigenvalue weighted by Crippen LogP contribution is -2.57. The van der Waals surface area contributed by atoms with Gasteiger partial charge in [-0.3, -0.25) is 4.79 Å². The van der Waals surface area contributed by atoms with Gasteiger partial charge < -0.3 is 15.4 Å². The van der Waals surface area contributed by atoms with E-state index in [1.807, 2.05) is 0 Å². The van der Waals surface area contributed by atoms with Gasteiger partial charge >= 0.3 is 0 Å². The van der Waals surface area contributed by atoms with Gasteiger partial charge in [-0.1, -0.05) is 11.6 Å². The molecule has 1 amide bonds. The van der Waals surface area contributed by atoms with Crippen molar-refractivity contribution in [2.24, 2.45) is 0 Å². The maximum absolute atomic E-state index is 11.8. The Hall–Kier alpha value is -1.00. The minimum atomic E-state index is -1.01. The second kappa shape index (κ2) is 4.11. The highest BCUT2D eigenvalue weighted by molar-refractivity contribution is 6.30. The smallest absolute Gasteiger partial charge is 0.268 e. The van der Waals surface area contributed by atoms with E-state index < -0.39 is 11.1 Å². The fraction of sp³-hybridized carbons (Fsp3) is 0.545. The third-order valence-electron chi connectivity index (χ3n) is 2.85. The highest BCUT2D eigenvalue weighted by Crippen LogP contribution is 2.21. The van der Waals surface area contributed by atoms with Crippen molar-refractivity contribution in [1.29, 1.82) is 0 Å². The van der Waals surface area contributed by atoms with Crippen LogP contribution in [-0.2, 0) is 0 Å². The monoisotopic (exact) mass is 244 g/mol. The molecule has 3 N–H and O–H groups in total.